The molecular formula is C14H24N4. The molecule has 0 radical (unpaired) electrons. The van der Waals surface area contributed by atoms with E-state index in [0.29, 0.717) is 5.41 Å². The minimum atomic E-state index is 0.213. The molecule has 1 fully saturated rings. The van der Waals surface area contributed by atoms with Crippen LogP contribution in [0.15, 0.2) is 12.4 Å². The lowest BCUT2D eigenvalue weighted by Gasteiger charge is -2.19. The maximum atomic E-state index is 5.93. The molecule has 2 N–H and O–H groups in total. The van der Waals surface area contributed by atoms with Gasteiger partial charge in [-0.25, -0.2) is 9.97 Å². The van der Waals surface area contributed by atoms with Crippen molar-refractivity contribution < 1.29 is 0 Å². The first-order valence-corrected chi connectivity index (χ1v) is 6.81. The molecule has 4 heteroatoms. The number of hydrogen-bond acceptors (Lipinski definition) is 4. The van der Waals surface area contributed by atoms with Crippen molar-refractivity contribution in [3.63, 3.8) is 0 Å². The van der Waals surface area contributed by atoms with E-state index < -0.39 is 0 Å². The highest BCUT2D eigenvalue weighted by molar-refractivity contribution is 5.32. The molecule has 0 spiro atoms. The maximum Gasteiger partial charge on any atom is 0.225 e. The van der Waals surface area contributed by atoms with E-state index in [1.807, 2.05) is 12.4 Å². The van der Waals surface area contributed by atoms with Crippen LogP contribution in [0.5, 0.6) is 0 Å². The van der Waals surface area contributed by atoms with Gasteiger partial charge in [-0.05, 0) is 30.2 Å². The fourth-order valence-corrected chi connectivity index (χ4v) is 2.35. The summed E-state index contributed by atoms with van der Waals surface area (Å²) < 4.78 is 0. The molecule has 0 aliphatic carbocycles. The maximum absolute atomic E-state index is 5.93. The summed E-state index contributed by atoms with van der Waals surface area (Å²) in [5.74, 6) is 0.856. The van der Waals surface area contributed by atoms with Gasteiger partial charge < -0.3 is 10.6 Å². The Bertz CT molecular complexity index is 385. The molecule has 0 amide bonds. The molecular weight excluding hydrogens is 224 g/mol. The van der Waals surface area contributed by atoms with Gasteiger partial charge >= 0.3 is 0 Å². The average molecular weight is 248 g/mol. The van der Waals surface area contributed by atoms with Crippen LogP contribution in [0.25, 0.3) is 0 Å². The summed E-state index contributed by atoms with van der Waals surface area (Å²) in [5, 5.41) is 0. The van der Waals surface area contributed by atoms with Gasteiger partial charge in [0.1, 0.15) is 0 Å². The fraction of sp³-hybridized carbons (Fsp3) is 0.714. The van der Waals surface area contributed by atoms with Crippen LogP contribution in [0.4, 0.5) is 5.95 Å². The molecule has 1 aliphatic heterocycles. The summed E-state index contributed by atoms with van der Waals surface area (Å²) in [7, 11) is 0. The molecule has 0 bridgehead atoms. The lowest BCUT2D eigenvalue weighted by molar-refractivity contribution is 0.418. The van der Waals surface area contributed by atoms with Crippen LogP contribution in [-0.2, 0) is 6.42 Å². The topological polar surface area (TPSA) is 55.0 Å². The minimum Gasteiger partial charge on any atom is -0.340 e. The van der Waals surface area contributed by atoms with Crippen molar-refractivity contribution in [2.75, 3.05) is 18.0 Å². The SMILES string of the molecule is CCC(N)Cc1cnc(N2CCC(C)(C)C2)nc1. The minimum absolute atomic E-state index is 0.213. The largest absolute Gasteiger partial charge is 0.340 e. The van der Waals surface area contributed by atoms with E-state index in [9.17, 15) is 0 Å². The Balaban J connectivity index is 2.00. The monoisotopic (exact) mass is 248 g/mol. The molecule has 18 heavy (non-hydrogen) atoms. The van der Waals surface area contributed by atoms with Crippen molar-refractivity contribution in [2.45, 2.75) is 46.1 Å². The first kappa shape index (κ1) is 13.3. The predicted molar refractivity (Wildman–Crippen MR) is 74.6 cm³/mol. The normalized spacial score (nSPS) is 20.1. The molecule has 100 valence electrons. The second kappa shape index (κ2) is 5.22. The van der Waals surface area contributed by atoms with E-state index >= 15 is 0 Å². The third-order valence-corrected chi connectivity index (χ3v) is 3.67. The van der Waals surface area contributed by atoms with Crippen molar-refractivity contribution in [3.8, 4) is 0 Å². The number of nitrogens with zero attached hydrogens (tertiary/aromatic N) is 3. The Labute approximate surface area is 110 Å². The highest BCUT2D eigenvalue weighted by Crippen LogP contribution is 2.30. The van der Waals surface area contributed by atoms with Gasteiger partial charge in [0.05, 0.1) is 0 Å². The molecule has 0 aromatic carbocycles. The summed E-state index contributed by atoms with van der Waals surface area (Å²) in [6, 6.07) is 0.213. The molecule has 0 saturated carbocycles. The Kier molecular flexibility index (Phi) is 3.85. The summed E-state index contributed by atoms with van der Waals surface area (Å²) >= 11 is 0. The molecule has 1 aromatic rings. The summed E-state index contributed by atoms with van der Waals surface area (Å²) in [6.07, 6.45) is 6.90. The van der Waals surface area contributed by atoms with Gasteiger partial charge in [-0.3, -0.25) is 0 Å². The standard InChI is InChI=1S/C14H24N4/c1-4-12(15)7-11-8-16-13(17-9-11)18-6-5-14(2,3)10-18/h8-9,12H,4-7,10,15H2,1-3H3. The lowest BCUT2D eigenvalue weighted by atomic mass is 9.93. The third-order valence-electron chi connectivity index (χ3n) is 3.67. The molecule has 1 saturated heterocycles. The zero-order valence-corrected chi connectivity index (χ0v) is 11.7. The van der Waals surface area contributed by atoms with E-state index in [-0.39, 0.29) is 6.04 Å². The number of nitrogens with two attached hydrogens (primary N) is 1. The zero-order valence-electron chi connectivity index (χ0n) is 11.7. The molecule has 1 atom stereocenters. The zero-order chi connectivity index (χ0) is 13.2. The molecule has 2 rings (SSSR count). The lowest BCUT2D eigenvalue weighted by Crippen LogP contribution is -2.25. The molecule has 4 nitrogen and oxygen atoms in total. The van der Waals surface area contributed by atoms with Crippen molar-refractivity contribution in [3.05, 3.63) is 18.0 Å². The van der Waals surface area contributed by atoms with Gasteiger partial charge in [0.2, 0.25) is 5.95 Å². The molecule has 1 aliphatic rings. The second-order valence-electron chi connectivity index (χ2n) is 6.10. The van der Waals surface area contributed by atoms with E-state index in [0.717, 1.165) is 37.4 Å². The van der Waals surface area contributed by atoms with Crippen LogP contribution in [0.3, 0.4) is 0 Å². The van der Waals surface area contributed by atoms with Crippen LogP contribution < -0.4 is 10.6 Å². The number of anilines is 1. The van der Waals surface area contributed by atoms with Gasteiger partial charge in [0, 0.05) is 31.5 Å². The number of aromatic nitrogens is 2. The van der Waals surface area contributed by atoms with Gasteiger partial charge in [-0.2, -0.15) is 0 Å². The van der Waals surface area contributed by atoms with Crippen molar-refractivity contribution >= 4 is 5.95 Å². The van der Waals surface area contributed by atoms with E-state index in [2.05, 4.69) is 35.6 Å². The van der Waals surface area contributed by atoms with Crippen LogP contribution in [0.1, 0.15) is 39.2 Å². The van der Waals surface area contributed by atoms with Crippen molar-refractivity contribution in [1.29, 1.82) is 0 Å². The summed E-state index contributed by atoms with van der Waals surface area (Å²) in [6.45, 7) is 8.79. The highest BCUT2D eigenvalue weighted by atomic mass is 15.3. The molecule has 1 aromatic heterocycles. The Hall–Kier alpha value is -1.16. The summed E-state index contributed by atoms with van der Waals surface area (Å²) in [4.78, 5) is 11.2. The predicted octanol–water partition coefficient (Wildman–Crippen LogP) is 1.99. The van der Waals surface area contributed by atoms with Crippen molar-refractivity contribution in [1.82, 2.24) is 9.97 Å². The smallest absolute Gasteiger partial charge is 0.225 e. The Morgan fingerprint density at radius 2 is 2.06 bits per heavy atom. The van der Waals surface area contributed by atoms with Crippen LogP contribution in [0.2, 0.25) is 0 Å². The van der Waals surface area contributed by atoms with Crippen LogP contribution >= 0.6 is 0 Å². The molecule has 1 unspecified atom stereocenters. The Morgan fingerprint density at radius 3 is 2.56 bits per heavy atom. The van der Waals surface area contributed by atoms with Crippen LogP contribution in [-0.4, -0.2) is 29.1 Å². The quantitative estimate of drug-likeness (QED) is 0.885. The van der Waals surface area contributed by atoms with E-state index in [1.165, 1.54) is 6.42 Å². The second-order valence-corrected chi connectivity index (χ2v) is 6.10. The first-order valence-electron chi connectivity index (χ1n) is 6.81. The fourth-order valence-electron chi connectivity index (χ4n) is 2.35. The highest BCUT2D eigenvalue weighted by Gasteiger charge is 2.30. The van der Waals surface area contributed by atoms with Gasteiger partial charge in [-0.15, -0.1) is 0 Å². The van der Waals surface area contributed by atoms with Gasteiger partial charge in [0.15, 0.2) is 0 Å². The van der Waals surface area contributed by atoms with Crippen LogP contribution in [0, 0.1) is 5.41 Å². The van der Waals surface area contributed by atoms with E-state index in [4.69, 9.17) is 5.73 Å². The number of rotatable bonds is 4. The third kappa shape index (κ3) is 3.19. The average Bonchev–Trinajstić information content (AvgIpc) is 2.70. The number of hydrogen-bond donors (Lipinski definition) is 1. The van der Waals surface area contributed by atoms with E-state index in [1.54, 1.807) is 0 Å². The van der Waals surface area contributed by atoms with Gasteiger partial charge in [-0.1, -0.05) is 20.8 Å². The Morgan fingerprint density at radius 1 is 1.39 bits per heavy atom. The molecule has 2 heterocycles. The first-order chi connectivity index (χ1) is 8.50. The van der Waals surface area contributed by atoms with Crippen molar-refractivity contribution in [2.24, 2.45) is 11.1 Å². The summed E-state index contributed by atoms with van der Waals surface area (Å²) in [5.41, 5.74) is 7.45. The van der Waals surface area contributed by atoms with Gasteiger partial charge in [0.25, 0.3) is 0 Å².